The number of aromatic nitrogens is 5. The van der Waals surface area contributed by atoms with Crippen LogP contribution in [0.3, 0.4) is 0 Å². The molecule has 0 amide bonds. The lowest BCUT2D eigenvalue weighted by atomic mass is 9.99. The van der Waals surface area contributed by atoms with Crippen LogP contribution < -0.4 is 16.4 Å². The molecule has 0 aliphatic rings. The van der Waals surface area contributed by atoms with Gasteiger partial charge in [0.15, 0.2) is 5.82 Å². The Kier molecular flexibility index (Phi) is 10.2. The molecule has 2 heterocycles. The number of benzene rings is 1. The van der Waals surface area contributed by atoms with Crippen molar-refractivity contribution in [1.82, 2.24) is 24.5 Å². The summed E-state index contributed by atoms with van der Waals surface area (Å²) in [4.78, 5) is 18.1. The molecule has 1 aromatic carbocycles. The van der Waals surface area contributed by atoms with E-state index in [2.05, 4.69) is 53.5 Å². The van der Waals surface area contributed by atoms with Crippen LogP contribution in [0.1, 0.15) is 23.1 Å². The number of nitrogens with zero attached hydrogens (tertiary/aromatic N) is 5. The number of anilines is 2. The first kappa shape index (κ1) is 25.5. The van der Waals surface area contributed by atoms with Crippen LogP contribution in [0.5, 0.6) is 0 Å². The van der Waals surface area contributed by atoms with Gasteiger partial charge in [-0.25, -0.2) is 4.98 Å². The number of aryl methyl sites for hydroxylation is 4. The Morgan fingerprint density at radius 1 is 0.882 bits per heavy atom. The fraction of sp³-hybridized carbons (Fsp3) is 0.500. The first-order chi connectivity index (χ1) is 16.6. The molecule has 0 spiro atoms. The van der Waals surface area contributed by atoms with Crippen LogP contribution in [0.25, 0.3) is 11.4 Å². The summed E-state index contributed by atoms with van der Waals surface area (Å²) in [6.07, 6.45) is 6.48. The van der Waals surface area contributed by atoms with Gasteiger partial charge in [-0.15, -0.1) is 0 Å². The maximum absolute atomic E-state index is 5.59. The van der Waals surface area contributed by atoms with Crippen LogP contribution in [0, 0.1) is 20.8 Å². The van der Waals surface area contributed by atoms with Crippen LogP contribution in [0.4, 0.5) is 11.9 Å². The first-order valence-electron chi connectivity index (χ1n) is 11.7. The summed E-state index contributed by atoms with van der Waals surface area (Å²) < 4.78 is 13.0. The van der Waals surface area contributed by atoms with Crippen molar-refractivity contribution >= 4 is 11.9 Å². The molecule has 0 aliphatic carbocycles. The van der Waals surface area contributed by atoms with Gasteiger partial charge in [-0.1, -0.05) is 17.7 Å². The zero-order valence-electron chi connectivity index (χ0n) is 20.4. The monoisotopic (exact) mass is 468 g/mol. The van der Waals surface area contributed by atoms with Crippen molar-refractivity contribution in [3.63, 3.8) is 0 Å². The summed E-state index contributed by atoms with van der Waals surface area (Å²) in [5.41, 5.74) is 9.94. The maximum Gasteiger partial charge on any atom is 0.228 e. The van der Waals surface area contributed by atoms with E-state index in [1.54, 1.807) is 6.20 Å². The Morgan fingerprint density at radius 3 is 2.21 bits per heavy atom. The van der Waals surface area contributed by atoms with E-state index in [1.165, 1.54) is 5.56 Å². The maximum atomic E-state index is 5.59. The smallest absolute Gasteiger partial charge is 0.228 e. The summed E-state index contributed by atoms with van der Waals surface area (Å²) in [5.74, 6) is 1.72. The highest BCUT2D eigenvalue weighted by molar-refractivity contribution is 5.67. The molecule has 0 aliphatic heterocycles. The zero-order valence-corrected chi connectivity index (χ0v) is 20.4. The van der Waals surface area contributed by atoms with Gasteiger partial charge in [0.1, 0.15) is 0 Å². The highest BCUT2D eigenvalue weighted by atomic mass is 16.5. The number of nitrogens with one attached hydrogen (secondary N) is 2. The third kappa shape index (κ3) is 8.05. The molecular weight excluding hydrogens is 432 g/mol. The lowest BCUT2D eigenvalue weighted by Gasteiger charge is -2.14. The van der Waals surface area contributed by atoms with E-state index in [-0.39, 0.29) is 0 Å². The van der Waals surface area contributed by atoms with Gasteiger partial charge in [0, 0.05) is 44.1 Å². The van der Waals surface area contributed by atoms with E-state index in [0.29, 0.717) is 57.2 Å². The summed E-state index contributed by atoms with van der Waals surface area (Å²) in [7, 11) is 0. The molecule has 10 heteroatoms. The normalized spacial score (nSPS) is 11.1. The molecule has 0 radical (unpaired) electrons. The van der Waals surface area contributed by atoms with Crippen LogP contribution >= 0.6 is 0 Å². The minimum atomic E-state index is 0.517. The van der Waals surface area contributed by atoms with Crippen molar-refractivity contribution in [2.45, 2.75) is 33.7 Å². The molecule has 0 fully saturated rings. The van der Waals surface area contributed by atoms with Gasteiger partial charge in [0.25, 0.3) is 0 Å². The minimum Gasteiger partial charge on any atom is -0.378 e. The van der Waals surface area contributed by atoms with Crippen LogP contribution in [-0.4, -0.2) is 70.6 Å². The Labute approximate surface area is 201 Å². The Balaban J connectivity index is 1.65. The standard InChI is InChI=1S/C24H36N8O2/c1-18-15-19(2)21(20(3)16-18)22-29-23(27-6-4-9-32-10-7-26-17-32)31-24(30-22)28-8-12-34-14-13-33-11-5-25/h7,10,15-17H,4-6,8-9,11-14,25H2,1-3H3,(H2,27,28,29,30,31). The largest absolute Gasteiger partial charge is 0.378 e. The van der Waals surface area contributed by atoms with Gasteiger partial charge >= 0.3 is 0 Å². The topological polar surface area (TPSA) is 125 Å². The van der Waals surface area contributed by atoms with Crippen LogP contribution in [-0.2, 0) is 16.0 Å². The lowest BCUT2D eigenvalue weighted by Crippen LogP contribution is -2.17. The Morgan fingerprint density at radius 2 is 1.56 bits per heavy atom. The molecule has 4 N–H and O–H groups in total. The van der Waals surface area contributed by atoms with Crippen molar-refractivity contribution in [3.05, 3.63) is 47.5 Å². The quantitative estimate of drug-likeness (QED) is 0.289. The number of nitrogens with two attached hydrogens (primary N) is 1. The van der Waals surface area contributed by atoms with Crippen molar-refractivity contribution in [3.8, 4) is 11.4 Å². The van der Waals surface area contributed by atoms with E-state index >= 15 is 0 Å². The predicted molar refractivity (Wildman–Crippen MR) is 134 cm³/mol. The van der Waals surface area contributed by atoms with Crippen molar-refractivity contribution in [1.29, 1.82) is 0 Å². The third-order valence-corrected chi connectivity index (χ3v) is 5.14. The van der Waals surface area contributed by atoms with Crippen molar-refractivity contribution in [2.75, 3.05) is 56.7 Å². The number of imidazole rings is 1. The summed E-state index contributed by atoms with van der Waals surface area (Å²) >= 11 is 0. The van der Waals surface area contributed by atoms with Crippen LogP contribution in [0.2, 0.25) is 0 Å². The molecule has 0 unspecified atom stereocenters. The molecule has 0 saturated carbocycles. The molecule has 184 valence electrons. The zero-order chi connectivity index (χ0) is 24.2. The number of rotatable bonds is 15. The van der Waals surface area contributed by atoms with E-state index in [4.69, 9.17) is 25.2 Å². The molecular formula is C24H36N8O2. The van der Waals surface area contributed by atoms with Gasteiger partial charge in [-0.2, -0.15) is 15.0 Å². The van der Waals surface area contributed by atoms with E-state index in [9.17, 15) is 0 Å². The second-order valence-electron chi connectivity index (χ2n) is 8.10. The fourth-order valence-electron chi connectivity index (χ4n) is 3.70. The molecule has 3 rings (SSSR count). The summed E-state index contributed by atoms with van der Waals surface area (Å²) in [5, 5.41) is 6.60. The highest BCUT2D eigenvalue weighted by Crippen LogP contribution is 2.27. The molecule has 10 nitrogen and oxygen atoms in total. The molecule has 3 aromatic rings. The summed E-state index contributed by atoms with van der Waals surface area (Å²) in [6, 6.07) is 4.30. The average Bonchev–Trinajstić information content (AvgIpc) is 3.31. The number of hydrogen-bond acceptors (Lipinski definition) is 9. The highest BCUT2D eigenvalue weighted by Gasteiger charge is 2.13. The van der Waals surface area contributed by atoms with E-state index in [0.717, 1.165) is 36.2 Å². The predicted octanol–water partition coefficient (Wildman–Crippen LogP) is 2.57. The molecule has 0 atom stereocenters. The summed E-state index contributed by atoms with van der Waals surface area (Å²) in [6.45, 7) is 11.1. The number of ether oxygens (including phenoxy) is 2. The minimum absolute atomic E-state index is 0.517. The van der Waals surface area contributed by atoms with Gasteiger partial charge in [0.05, 0.1) is 32.8 Å². The first-order valence-corrected chi connectivity index (χ1v) is 11.7. The lowest BCUT2D eigenvalue weighted by molar-refractivity contribution is 0.0547. The van der Waals surface area contributed by atoms with E-state index in [1.807, 2.05) is 17.1 Å². The molecule has 34 heavy (non-hydrogen) atoms. The third-order valence-electron chi connectivity index (χ3n) is 5.14. The number of hydrogen-bond donors (Lipinski definition) is 3. The van der Waals surface area contributed by atoms with Gasteiger partial charge in [-0.05, 0) is 38.3 Å². The van der Waals surface area contributed by atoms with Crippen LogP contribution in [0.15, 0.2) is 30.9 Å². The average molecular weight is 469 g/mol. The Bertz CT molecular complexity index is 987. The second kappa shape index (κ2) is 13.6. The van der Waals surface area contributed by atoms with Gasteiger partial charge in [0.2, 0.25) is 11.9 Å². The molecule has 2 aromatic heterocycles. The SMILES string of the molecule is Cc1cc(C)c(-c2nc(NCCCn3ccnc3)nc(NCCOCCOCCN)n2)c(C)c1. The second-order valence-corrected chi connectivity index (χ2v) is 8.10. The Hall–Kier alpha value is -3.08. The van der Waals surface area contributed by atoms with Crippen molar-refractivity contribution in [2.24, 2.45) is 5.73 Å². The fourth-order valence-corrected chi connectivity index (χ4v) is 3.70. The van der Waals surface area contributed by atoms with E-state index < -0.39 is 0 Å². The molecule has 0 saturated heterocycles. The van der Waals surface area contributed by atoms with Crippen molar-refractivity contribution < 1.29 is 9.47 Å². The van der Waals surface area contributed by atoms with Gasteiger partial charge in [-0.3, -0.25) is 0 Å². The van der Waals surface area contributed by atoms with Gasteiger partial charge < -0.3 is 30.4 Å². The molecule has 0 bridgehead atoms.